The van der Waals surface area contributed by atoms with Crippen LogP contribution in [0.15, 0.2) is 95.6 Å². The van der Waals surface area contributed by atoms with E-state index in [-0.39, 0.29) is 37.9 Å². The fraction of sp³-hybridized carbons (Fsp3) is 0.188. The van der Waals surface area contributed by atoms with E-state index in [9.17, 15) is 19.2 Å². The Labute approximate surface area is 248 Å². The zero-order chi connectivity index (χ0) is 30.6. The lowest BCUT2D eigenvalue weighted by Crippen LogP contribution is -2.49. The molecule has 0 fully saturated rings. The van der Waals surface area contributed by atoms with Gasteiger partial charge in [0, 0.05) is 37.6 Å². The molecule has 3 aromatic carbocycles. The summed E-state index contributed by atoms with van der Waals surface area (Å²) in [6, 6.07) is 23.6. The molecule has 0 radical (unpaired) electrons. The average molecular weight is 584 g/mol. The number of hydrogen-bond donors (Lipinski definition) is 5. The summed E-state index contributed by atoms with van der Waals surface area (Å²) >= 11 is 0. The van der Waals surface area contributed by atoms with Gasteiger partial charge >= 0.3 is 6.09 Å². The summed E-state index contributed by atoms with van der Waals surface area (Å²) in [7, 11) is 0. The highest BCUT2D eigenvalue weighted by molar-refractivity contribution is 6.06. The smallest absolute Gasteiger partial charge is 0.408 e. The van der Waals surface area contributed by atoms with Crippen molar-refractivity contribution < 1.29 is 28.3 Å². The van der Waals surface area contributed by atoms with E-state index < -0.39 is 18.0 Å². The second kappa shape index (κ2) is 14.9. The number of nitrogen functional groups attached to an aromatic ring is 1. The summed E-state index contributed by atoms with van der Waals surface area (Å²) in [4.78, 5) is 49.6. The monoisotopic (exact) mass is 583 g/mol. The molecule has 6 N–H and O–H groups in total. The molecule has 4 rings (SSSR count). The third-order valence-corrected chi connectivity index (χ3v) is 6.38. The van der Waals surface area contributed by atoms with Crippen molar-refractivity contribution in [1.29, 1.82) is 0 Å². The minimum absolute atomic E-state index is 0.0439. The highest BCUT2D eigenvalue weighted by atomic mass is 16.5. The van der Waals surface area contributed by atoms with Crippen LogP contribution >= 0.6 is 0 Å². The molecule has 0 spiro atoms. The number of rotatable bonds is 12. The lowest BCUT2D eigenvalue weighted by molar-refractivity contribution is -0.123. The first kappa shape index (κ1) is 30.4. The molecule has 0 aliphatic rings. The largest absolute Gasteiger partial charge is 0.464 e. The van der Waals surface area contributed by atoms with Gasteiger partial charge in [-0.2, -0.15) is 0 Å². The Balaban J connectivity index is 1.40. The number of furan rings is 1. The molecule has 4 aromatic rings. The Morgan fingerprint density at radius 3 is 2.30 bits per heavy atom. The summed E-state index contributed by atoms with van der Waals surface area (Å²) < 4.78 is 10.7. The van der Waals surface area contributed by atoms with Gasteiger partial charge in [-0.05, 0) is 53.6 Å². The molecule has 43 heavy (non-hydrogen) atoms. The van der Waals surface area contributed by atoms with Crippen molar-refractivity contribution >= 4 is 35.2 Å². The van der Waals surface area contributed by atoms with Gasteiger partial charge in [-0.3, -0.25) is 14.4 Å². The van der Waals surface area contributed by atoms with E-state index in [2.05, 4.69) is 21.3 Å². The van der Waals surface area contributed by atoms with E-state index in [0.717, 1.165) is 11.1 Å². The van der Waals surface area contributed by atoms with Gasteiger partial charge in [-0.1, -0.05) is 42.5 Å². The van der Waals surface area contributed by atoms with Gasteiger partial charge < -0.3 is 36.2 Å². The van der Waals surface area contributed by atoms with Gasteiger partial charge in [-0.25, -0.2) is 4.79 Å². The van der Waals surface area contributed by atoms with Crippen molar-refractivity contribution in [2.45, 2.75) is 26.0 Å². The third kappa shape index (κ3) is 9.22. The maximum Gasteiger partial charge on any atom is 0.408 e. The molecular formula is C32H33N5O6. The Morgan fingerprint density at radius 1 is 0.860 bits per heavy atom. The molecule has 0 aliphatic carbocycles. The number of ether oxygens (including phenoxy) is 1. The molecule has 1 aromatic heterocycles. The Bertz CT molecular complexity index is 1540. The van der Waals surface area contributed by atoms with Crippen molar-refractivity contribution in [3.63, 3.8) is 0 Å². The summed E-state index contributed by atoms with van der Waals surface area (Å²) in [5.74, 6) is -0.392. The highest BCUT2D eigenvalue weighted by Crippen LogP contribution is 2.28. The van der Waals surface area contributed by atoms with Crippen molar-refractivity contribution in [2.75, 3.05) is 24.1 Å². The lowest BCUT2D eigenvalue weighted by atomic mass is 10.0. The number of anilines is 2. The van der Waals surface area contributed by atoms with Gasteiger partial charge in [0.1, 0.15) is 18.4 Å². The zero-order valence-electron chi connectivity index (χ0n) is 23.6. The standard InChI is InChI=1S/C32H33N5O6/c1-21(38)34-15-16-35-31(40)28(37-32(41)43-20-23-6-3-2-4-7-23)18-22-9-11-24(12-10-22)30(39)36-27-19-25(13-14-26(27)33)29-8-5-17-42-29/h2-14,17,19,28H,15-16,18,20,33H2,1H3,(H,34,38)(H,35,40)(H,36,39)(H,37,41)/t28-/m0/s1. The molecule has 1 heterocycles. The average Bonchev–Trinajstić information content (AvgIpc) is 3.55. The maximum atomic E-state index is 13.0. The number of amides is 4. The number of nitrogens with one attached hydrogen (secondary N) is 4. The first-order valence-electron chi connectivity index (χ1n) is 13.6. The van der Waals surface area contributed by atoms with Crippen molar-refractivity contribution in [3.8, 4) is 11.3 Å². The van der Waals surface area contributed by atoms with Gasteiger partial charge in [0.15, 0.2) is 0 Å². The number of benzene rings is 3. The molecule has 0 unspecified atom stereocenters. The molecule has 11 heteroatoms. The van der Waals surface area contributed by atoms with Gasteiger partial charge in [0.25, 0.3) is 5.91 Å². The summed E-state index contributed by atoms with van der Waals surface area (Å²) in [5, 5.41) is 10.7. The van der Waals surface area contributed by atoms with Crippen LogP contribution < -0.4 is 27.0 Å². The second-order valence-electron chi connectivity index (χ2n) is 9.67. The van der Waals surface area contributed by atoms with E-state index in [1.54, 1.807) is 54.8 Å². The van der Waals surface area contributed by atoms with E-state index >= 15 is 0 Å². The molecular weight excluding hydrogens is 550 g/mol. The van der Waals surface area contributed by atoms with E-state index in [4.69, 9.17) is 14.9 Å². The third-order valence-electron chi connectivity index (χ3n) is 6.38. The van der Waals surface area contributed by atoms with E-state index in [1.807, 2.05) is 36.4 Å². The maximum absolute atomic E-state index is 13.0. The molecule has 0 aliphatic heterocycles. The minimum Gasteiger partial charge on any atom is -0.464 e. The van der Waals surface area contributed by atoms with Crippen molar-refractivity contribution in [2.24, 2.45) is 0 Å². The van der Waals surface area contributed by atoms with E-state index in [1.165, 1.54) is 6.92 Å². The highest BCUT2D eigenvalue weighted by Gasteiger charge is 2.22. The number of alkyl carbamates (subject to hydrolysis) is 1. The molecule has 0 saturated carbocycles. The van der Waals surface area contributed by atoms with Crippen LogP contribution in [-0.4, -0.2) is 42.9 Å². The first-order chi connectivity index (χ1) is 20.8. The Hall–Kier alpha value is -5.58. The minimum atomic E-state index is -0.968. The van der Waals surface area contributed by atoms with Gasteiger partial charge in [0.05, 0.1) is 17.6 Å². The molecule has 4 amide bonds. The normalized spacial score (nSPS) is 11.2. The van der Waals surface area contributed by atoms with Gasteiger partial charge in [0.2, 0.25) is 11.8 Å². The lowest BCUT2D eigenvalue weighted by Gasteiger charge is -2.19. The van der Waals surface area contributed by atoms with Crippen LogP contribution in [0.2, 0.25) is 0 Å². The number of carbonyl (C=O) groups excluding carboxylic acids is 4. The fourth-order valence-electron chi connectivity index (χ4n) is 4.15. The molecule has 1 atom stereocenters. The number of nitrogens with two attached hydrogens (primary N) is 1. The number of carbonyl (C=O) groups is 4. The summed E-state index contributed by atoms with van der Waals surface area (Å²) in [6.07, 6.45) is 0.942. The van der Waals surface area contributed by atoms with Crippen LogP contribution in [0.4, 0.5) is 16.2 Å². The molecule has 0 saturated heterocycles. The van der Waals surface area contributed by atoms with Crippen molar-refractivity contribution in [1.82, 2.24) is 16.0 Å². The predicted octanol–water partition coefficient (Wildman–Crippen LogP) is 3.87. The van der Waals surface area contributed by atoms with Crippen LogP contribution in [0.1, 0.15) is 28.4 Å². The Morgan fingerprint density at radius 2 is 1.60 bits per heavy atom. The zero-order valence-corrected chi connectivity index (χ0v) is 23.6. The summed E-state index contributed by atoms with van der Waals surface area (Å²) in [5.41, 5.74) is 9.56. The fourth-order valence-corrected chi connectivity index (χ4v) is 4.15. The quantitative estimate of drug-likeness (QED) is 0.125. The van der Waals surface area contributed by atoms with Crippen LogP contribution in [0.25, 0.3) is 11.3 Å². The van der Waals surface area contributed by atoms with E-state index in [0.29, 0.717) is 28.3 Å². The van der Waals surface area contributed by atoms with Crippen LogP contribution in [0.3, 0.4) is 0 Å². The van der Waals surface area contributed by atoms with Crippen LogP contribution in [0.5, 0.6) is 0 Å². The second-order valence-corrected chi connectivity index (χ2v) is 9.67. The molecule has 0 bridgehead atoms. The Kier molecular flexibility index (Phi) is 10.5. The molecule has 11 nitrogen and oxygen atoms in total. The van der Waals surface area contributed by atoms with Crippen LogP contribution in [0, 0.1) is 0 Å². The first-order valence-corrected chi connectivity index (χ1v) is 13.6. The molecule has 222 valence electrons. The topological polar surface area (TPSA) is 165 Å². The predicted molar refractivity (Wildman–Crippen MR) is 162 cm³/mol. The summed E-state index contributed by atoms with van der Waals surface area (Å²) in [6.45, 7) is 1.85. The number of hydrogen-bond acceptors (Lipinski definition) is 7. The van der Waals surface area contributed by atoms with Crippen LogP contribution in [-0.2, 0) is 27.4 Å². The van der Waals surface area contributed by atoms with Gasteiger partial charge in [-0.15, -0.1) is 0 Å². The van der Waals surface area contributed by atoms with Crippen molar-refractivity contribution in [3.05, 3.63) is 108 Å². The SMILES string of the molecule is CC(=O)NCCNC(=O)[C@H](Cc1ccc(C(=O)Nc2cc(-c3ccco3)ccc2N)cc1)NC(=O)OCc1ccccc1.